The zero-order valence-electron chi connectivity index (χ0n) is 13.1. The van der Waals surface area contributed by atoms with E-state index in [1.54, 1.807) is 0 Å². The van der Waals surface area contributed by atoms with Crippen LogP contribution in [0.25, 0.3) is 0 Å². The largest absolute Gasteiger partial charge is 0.363 e. The summed E-state index contributed by atoms with van der Waals surface area (Å²) in [4.78, 5) is 14.5. The van der Waals surface area contributed by atoms with Gasteiger partial charge in [-0.05, 0) is 32.1 Å². The highest BCUT2D eigenvalue weighted by molar-refractivity contribution is 5.85. The van der Waals surface area contributed by atoms with E-state index in [0.29, 0.717) is 19.7 Å². The number of hydrogen-bond donors (Lipinski definition) is 2. The quantitative estimate of drug-likeness (QED) is 0.840. The molecule has 1 saturated heterocycles. The van der Waals surface area contributed by atoms with Gasteiger partial charge in [0.15, 0.2) is 5.60 Å². The maximum atomic E-state index is 12.3. The molecule has 1 aliphatic heterocycles. The molecule has 1 aromatic rings. The summed E-state index contributed by atoms with van der Waals surface area (Å²) in [5, 5.41) is 6.20. The molecule has 2 rings (SSSR count). The van der Waals surface area contributed by atoms with Crippen LogP contribution in [0.1, 0.15) is 18.1 Å². The number of morpholine rings is 1. The minimum absolute atomic E-state index is 0.0608. The number of ether oxygens (including phenoxy) is 1. The van der Waals surface area contributed by atoms with Crippen LogP contribution >= 0.6 is 0 Å². The van der Waals surface area contributed by atoms with Crippen LogP contribution in [0.15, 0.2) is 24.3 Å². The average molecular weight is 291 g/mol. The van der Waals surface area contributed by atoms with Crippen LogP contribution < -0.4 is 10.6 Å². The molecule has 0 spiro atoms. The van der Waals surface area contributed by atoms with E-state index in [1.165, 1.54) is 5.56 Å². The number of benzene rings is 1. The fourth-order valence-electron chi connectivity index (χ4n) is 2.46. The minimum Gasteiger partial charge on any atom is -0.363 e. The third-order valence-electron chi connectivity index (χ3n) is 3.69. The van der Waals surface area contributed by atoms with Gasteiger partial charge < -0.3 is 20.3 Å². The molecule has 1 unspecified atom stereocenters. The summed E-state index contributed by atoms with van der Waals surface area (Å²) >= 11 is 0. The molecule has 1 atom stereocenters. The Balaban J connectivity index is 1.98. The van der Waals surface area contributed by atoms with Gasteiger partial charge in [0.2, 0.25) is 0 Å². The van der Waals surface area contributed by atoms with Gasteiger partial charge in [0, 0.05) is 26.2 Å². The van der Waals surface area contributed by atoms with Crippen LogP contribution in [0.5, 0.6) is 0 Å². The van der Waals surface area contributed by atoms with Crippen molar-refractivity contribution in [2.24, 2.45) is 0 Å². The van der Waals surface area contributed by atoms with E-state index in [1.807, 2.05) is 33.2 Å². The highest BCUT2D eigenvalue weighted by Crippen LogP contribution is 2.14. The van der Waals surface area contributed by atoms with Gasteiger partial charge >= 0.3 is 0 Å². The van der Waals surface area contributed by atoms with E-state index in [2.05, 4.69) is 27.7 Å². The van der Waals surface area contributed by atoms with Crippen LogP contribution in [0.4, 0.5) is 0 Å². The fraction of sp³-hybridized carbons (Fsp3) is 0.562. The molecule has 1 amide bonds. The fourth-order valence-corrected chi connectivity index (χ4v) is 2.46. The van der Waals surface area contributed by atoms with Crippen molar-refractivity contribution in [1.82, 2.24) is 15.5 Å². The molecular formula is C16H25N3O2. The van der Waals surface area contributed by atoms with Gasteiger partial charge in [-0.2, -0.15) is 0 Å². The summed E-state index contributed by atoms with van der Waals surface area (Å²) in [5.74, 6) is -0.0608. The third-order valence-corrected chi connectivity index (χ3v) is 3.69. The van der Waals surface area contributed by atoms with E-state index in [-0.39, 0.29) is 5.91 Å². The van der Waals surface area contributed by atoms with Crippen molar-refractivity contribution >= 4 is 5.91 Å². The van der Waals surface area contributed by atoms with E-state index in [4.69, 9.17) is 4.74 Å². The molecule has 116 valence electrons. The van der Waals surface area contributed by atoms with Crippen LogP contribution in [0.2, 0.25) is 0 Å². The van der Waals surface area contributed by atoms with Crippen molar-refractivity contribution < 1.29 is 9.53 Å². The molecule has 2 N–H and O–H groups in total. The molecule has 0 bridgehead atoms. The van der Waals surface area contributed by atoms with Gasteiger partial charge in [-0.1, -0.05) is 24.3 Å². The maximum Gasteiger partial charge on any atom is 0.253 e. The first-order valence-corrected chi connectivity index (χ1v) is 7.36. The van der Waals surface area contributed by atoms with E-state index in [0.717, 1.165) is 18.7 Å². The summed E-state index contributed by atoms with van der Waals surface area (Å²) in [6, 6.07) is 8.18. The first-order chi connectivity index (χ1) is 10.0. The summed E-state index contributed by atoms with van der Waals surface area (Å²) in [6.07, 6.45) is 0. The number of nitrogens with zero attached hydrogens (tertiary/aromatic N) is 1. The van der Waals surface area contributed by atoms with Crippen LogP contribution in [0, 0.1) is 0 Å². The Morgan fingerprint density at radius 2 is 2.10 bits per heavy atom. The molecule has 1 heterocycles. The van der Waals surface area contributed by atoms with Gasteiger partial charge in [0.1, 0.15) is 0 Å². The number of rotatable bonds is 5. The first kappa shape index (κ1) is 15.9. The number of nitrogens with one attached hydrogen (secondary N) is 2. The standard InChI is InChI=1S/C16H25N3O2/c1-16(12-17-8-9-21-16)15(20)18-10-13-6-4-5-7-14(13)11-19(2)3/h4-7,17H,8-12H2,1-3H3,(H,18,20). The summed E-state index contributed by atoms with van der Waals surface area (Å²) in [6.45, 7) is 5.15. The Labute approximate surface area is 126 Å². The zero-order chi connectivity index (χ0) is 15.3. The lowest BCUT2D eigenvalue weighted by Crippen LogP contribution is -2.56. The molecule has 0 saturated carbocycles. The lowest BCUT2D eigenvalue weighted by molar-refractivity contribution is -0.148. The van der Waals surface area contributed by atoms with Gasteiger partial charge in [-0.3, -0.25) is 4.79 Å². The number of carbonyl (C=O) groups is 1. The second-order valence-electron chi connectivity index (χ2n) is 5.95. The Kier molecular flexibility index (Phi) is 5.33. The molecule has 0 aliphatic carbocycles. The first-order valence-electron chi connectivity index (χ1n) is 7.36. The second-order valence-corrected chi connectivity index (χ2v) is 5.95. The van der Waals surface area contributed by atoms with Crippen molar-refractivity contribution in [2.45, 2.75) is 25.6 Å². The SMILES string of the molecule is CN(C)Cc1ccccc1CNC(=O)C1(C)CNCCO1. The molecule has 5 heteroatoms. The van der Waals surface area contributed by atoms with Gasteiger partial charge in [-0.25, -0.2) is 0 Å². The second kappa shape index (κ2) is 7.02. The van der Waals surface area contributed by atoms with Gasteiger partial charge in [0.25, 0.3) is 5.91 Å². The van der Waals surface area contributed by atoms with E-state index < -0.39 is 5.60 Å². The van der Waals surface area contributed by atoms with Crippen LogP contribution in [-0.2, 0) is 22.6 Å². The zero-order valence-corrected chi connectivity index (χ0v) is 13.1. The lowest BCUT2D eigenvalue weighted by atomic mass is 10.0. The molecule has 21 heavy (non-hydrogen) atoms. The highest BCUT2D eigenvalue weighted by atomic mass is 16.5. The van der Waals surface area contributed by atoms with Crippen molar-refractivity contribution in [1.29, 1.82) is 0 Å². The van der Waals surface area contributed by atoms with Crippen molar-refractivity contribution in [3.63, 3.8) is 0 Å². The lowest BCUT2D eigenvalue weighted by Gasteiger charge is -2.33. The minimum atomic E-state index is -0.769. The average Bonchev–Trinajstić information content (AvgIpc) is 2.46. The predicted octanol–water partition coefficient (Wildman–Crippen LogP) is 0.743. The topological polar surface area (TPSA) is 53.6 Å². The Bertz CT molecular complexity index is 482. The molecule has 1 aromatic carbocycles. The molecule has 0 radical (unpaired) electrons. The Hall–Kier alpha value is -1.43. The number of carbonyl (C=O) groups excluding carboxylic acids is 1. The van der Waals surface area contributed by atoms with Crippen molar-refractivity contribution in [3.05, 3.63) is 35.4 Å². The summed E-state index contributed by atoms with van der Waals surface area (Å²) in [7, 11) is 4.08. The maximum absolute atomic E-state index is 12.3. The predicted molar refractivity (Wildman–Crippen MR) is 82.9 cm³/mol. The van der Waals surface area contributed by atoms with Crippen molar-refractivity contribution in [2.75, 3.05) is 33.8 Å². The molecule has 1 fully saturated rings. The Morgan fingerprint density at radius 3 is 2.71 bits per heavy atom. The van der Waals surface area contributed by atoms with Crippen molar-refractivity contribution in [3.8, 4) is 0 Å². The smallest absolute Gasteiger partial charge is 0.253 e. The Morgan fingerprint density at radius 1 is 1.38 bits per heavy atom. The third kappa shape index (κ3) is 4.27. The molecular weight excluding hydrogens is 266 g/mol. The summed E-state index contributed by atoms with van der Waals surface area (Å²) < 4.78 is 5.63. The number of amides is 1. The monoisotopic (exact) mass is 291 g/mol. The van der Waals surface area contributed by atoms with Gasteiger partial charge in [0.05, 0.1) is 6.61 Å². The summed E-state index contributed by atoms with van der Waals surface area (Å²) in [5.41, 5.74) is 1.61. The normalized spacial score (nSPS) is 22.3. The van der Waals surface area contributed by atoms with Gasteiger partial charge in [-0.15, -0.1) is 0 Å². The van der Waals surface area contributed by atoms with Crippen LogP contribution in [0.3, 0.4) is 0 Å². The number of hydrogen-bond acceptors (Lipinski definition) is 4. The van der Waals surface area contributed by atoms with E-state index in [9.17, 15) is 4.79 Å². The highest BCUT2D eigenvalue weighted by Gasteiger charge is 2.35. The van der Waals surface area contributed by atoms with E-state index >= 15 is 0 Å². The van der Waals surface area contributed by atoms with Crippen LogP contribution in [-0.4, -0.2) is 50.2 Å². The molecule has 0 aromatic heterocycles. The molecule has 1 aliphatic rings. The molecule has 5 nitrogen and oxygen atoms in total.